The number of nitrogens with zero attached hydrogens (tertiary/aromatic N) is 2. The van der Waals surface area contributed by atoms with E-state index >= 15 is 0 Å². The number of aliphatic carboxylic acids is 1. The Labute approximate surface area is 152 Å². The maximum atomic E-state index is 12.5. The van der Waals surface area contributed by atoms with Crippen LogP contribution in [-0.4, -0.2) is 48.0 Å². The van der Waals surface area contributed by atoms with E-state index in [2.05, 4.69) is 4.98 Å². The number of carbonyl (C=O) groups excluding carboxylic acids is 1. The molecule has 3 heterocycles. The monoisotopic (exact) mass is 384 g/mol. The van der Waals surface area contributed by atoms with Crippen LogP contribution < -0.4 is 0 Å². The number of carboxylic acids is 1. The fourth-order valence-corrected chi connectivity index (χ4v) is 7.79. The lowest BCUT2D eigenvalue weighted by atomic mass is 9.91. The molecule has 3 rings (SSSR count). The number of thioether (sulfide) groups is 3. The average Bonchev–Trinajstić information content (AvgIpc) is 2.78. The SMILES string of the molecule is CCS[C@]12SC(Sc3ccccn3)=C(C(=O)O)N1C(=O)[C@@H]2C(C)O. The van der Waals surface area contributed by atoms with Crippen LogP contribution in [0, 0.1) is 5.92 Å². The smallest absolute Gasteiger partial charge is 0.354 e. The van der Waals surface area contributed by atoms with Gasteiger partial charge < -0.3 is 10.2 Å². The Morgan fingerprint density at radius 2 is 2.29 bits per heavy atom. The highest BCUT2D eigenvalue weighted by Crippen LogP contribution is 2.66. The zero-order valence-electron chi connectivity index (χ0n) is 13.0. The second-order valence-electron chi connectivity index (χ2n) is 5.27. The summed E-state index contributed by atoms with van der Waals surface area (Å²) in [5.41, 5.74) is -0.0153. The number of hydrogen-bond acceptors (Lipinski definition) is 7. The molecule has 0 saturated carbocycles. The molecule has 2 aliphatic heterocycles. The normalized spacial score (nSPS) is 27.0. The first kappa shape index (κ1) is 17.7. The number of aromatic nitrogens is 1. The van der Waals surface area contributed by atoms with E-state index in [4.69, 9.17) is 0 Å². The highest BCUT2D eigenvalue weighted by atomic mass is 32.2. The minimum atomic E-state index is -1.14. The Balaban J connectivity index is 2.00. The van der Waals surface area contributed by atoms with Gasteiger partial charge in [0.25, 0.3) is 0 Å². The van der Waals surface area contributed by atoms with Gasteiger partial charge in [-0.1, -0.05) is 36.5 Å². The summed E-state index contributed by atoms with van der Waals surface area (Å²) in [6.07, 6.45) is 0.799. The van der Waals surface area contributed by atoms with Crippen molar-refractivity contribution in [3.05, 3.63) is 34.3 Å². The molecule has 1 aromatic heterocycles. The molecule has 1 fully saturated rings. The molecule has 128 valence electrons. The molecule has 0 spiro atoms. The average molecular weight is 385 g/mol. The third-order valence-electron chi connectivity index (χ3n) is 3.72. The van der Waals surface area contributed by atoms with Gasteiger partial charge in [0, 0.05) is 6.20 Å². The molecule has 1 saturated heterocycles. The Morgan fingerprint density at radius 1 is 1.54 bits per heavy atom. The number of rotatable bonds is 6. The molecule has 6 nitrogen and oxygen atoms in total. The van der Waals surface area contributed by atoms with E-state index in [0.29, 0.717) is 15.0 Å². The van der Waals surface area contributed by atoms with E-state index in [1.54, 1.807) is 25.3 Å². The van der Waals surface area contributed by atoms with Crippen molar-refractivity contribution in [2.75, 3.05) is 5.75 Å². The summed E-state index contributed by atoms with van der Waals surface area (Å²) in [4.78, 5) is 29.8. The van der Waals surface area contributed by atoms with Gasteiger partial charge in [0.1, 0.15) is 10.9 Å². The summed E-state index contributed by atoms with van der Waals surface area (Å²) in [5.74, 6) is -1.40. The summed E-state index contributed by atoms with van der Waals surface area (Å²) < 4.78 is -0.260. The Bertz CT molecular complexity index is 710. The van der Waals surface area contributed by atoms with E-state index < -0.39 is 22.2 Å². The summed E-state index contributed by atoms with van der Waals surface area (Å²) in [5, 5.41) is 20.3. The van der Waals surface area contributed by atoms with Gasteiger partial charge in [-0.3, -0.25) is 9.69 Å². The van der Waals surface area contributed by atoms with Gasteiger partial charge in [-0.15, -0.1) is 11.8 Å². The van der Waals surface area contributed by atoms with Crippen molar-refractivity contribution >= 4 is 47.2 Å². The number of β-lactam (4-membered cyclic amide) rings is 1. The highest BCUT2D eigenvalue weighted by Gasteiger charge is 2.69. The van der Waals surface area contributed by atoms with Crippen LogP contribution in [-0.2, 0) is 9.59 Å². The zero-order chi connectivity index (χ0) is 17.5. The van der Waals surface area contributed by atoms with Gasteiger partial charge in [-0.05, 0) is 24.8 Å². The highest BCUT2D eigenvalue weighted by molar-refractivity contribution is 8.29. The van der Waals surface area contributed by atoms with E-state index in [1.165, 1.54) is 40.2 Å². The number of hydrogen-bond donors (Lipinski definition) is 2. The number of carboxylic acid groups (broad SMARTS) is 1. The largest absolute Gasteiger partial charge is 0.477 e. The minimum absolute atomic E-state index is 0.0153. The molecule has 0 aromatic carbocycles. The second-order valence-corrected chi connectivity index (χ2v) is 9.54. The van der Waals surface area contributed by atoms with Gasteiger partial charge in [-0.25, -0.2) is 9.78 Å². The molecule has 0 radical (unpaired) electrons. The molecule has 9 heteroatoms. The Kier molecular flexibility index (Phi) is 4.87. The predicted octanol–water partition coefficient (Wildman–Crippen LogP) is 2.42. The first-order valence-corrected chi connectivity index (χ1v) is 9.95. The first-order valence-electron chi connectivity index (χ1n) is 7.34. The van der Waals surface area contributed by atoms with Gasteiger partial charge in [0.05, 0.1) is 10.3 Å². The molecule has 2 N–H and O–H groups in total. The molecule has 0 aliphatic carbocycles. The zero-order valence-corrected chi connectivity index (χ0v) is 15.5. The molecular formula is C15H16N2O4S3. The number of pyridine rings is 1. The van der Waals surface area contributed by atoms with Crippen LogP contribution >= 0.6 is 35.3 Å². The molecule has 1 amide bonds. The number of carbonyl (C=O) groups is 2. The lowest BCUT2D eigenvalue weighted by Gasteiger charge is -2.53. The molecule has 1 aromatic rings. The predicted molar refractivity (Wildman–Crippen MR) is 95.2 cm³/mol. The third kappa shape index (κ3) is 2.63. The second kappa shape index (κ2) is 6.62. The van der Waals surface area contributed by atoms with Crippen molar-refractivity contribution in [1.29, 1.82) is 0 Å². The van der Waals surface area contributed by atoms with Crippen molar-refractivity contribution < 1.29 is 19.8 Å². The van der Waals surface area contributed by atoms with Crippen LogP contribution in [0.3, 0.4) is 0 Å². The van der Waals surface area contributed by atoms with Crippen molar-refractivity contribution in [2.24, 2.45) is 5.92 Å². The van der Waals surface area contributed by atoms with Gasteiger partial charge in [0.2, 0.25) is 5.91 Å². The summed E-state index contributed by atoms with van der Waals surface area (Å²) in [7, 11) is 0. The molecule has 1 unspecified atom stereocenters. The van der Waals surface area contributed by atoms with Gasteiger partial charge >= 0.3 is 5.97 Å². The van der Waals surface area contributed by atoms with E-state index in [1.807, 2.05) is 13.0 Å². The van der Waals surface area contributed by atoms with Crippen LogP contribution in [0.5, 0.6) is 0 Å². The molecule has 24 heavy (non-hydrogen) atoms. The van der Waals surface area contributed by atoms with Crippen LogP contribution in [0.25, 0.3) is 0 Å². The first-order chi connectivity index (χ1) is 11.4. The maximum absolute atomic E-state index is 12.5. The van der Waals surface area contributed by atoms with Crippen molar-refractivity contribution in [1.82, 2.24) is 9.88 Å². The Morgan fingerprint density at radius 3 is 2.83 bits per heavy atom. The van der Waals surface area contributed by atoms with Crippen molar-refractivity contribution in [3.8, 4) is 0 Å². The fourth-order valence-electron chi connectivity index (χ4n) is 2.83. The summed E-state index contributed by atoms with van der Waals surface area (Å²) >= 11 is 4.05. The summed E-state index contributed by atoms with van der Waals surface area (Å²) in [6, 6.07) is 5.40. The number of amides is 1. The molecule has 3 atom stereocenters. The third-order valence-corrected chi connectivity index (χ3v) is 7.90. The maximum Gasteiger partial charge on any atom is 0.354 e. The van der Waals surface area contributed by atoms with E-state index in [9.17, 15) is 19.8 Å². The van der Waals surface area contributed by atoms with Gasteiger partial charge in [0.15, 0.2) is 9.90 Å². The summed E-state index contributed by atoms with van der Waals surface area (Å²) in [6.45, 7) is 3.52. The number of aliphatic hydroxyl groups excluding tert-OH is 1. The van der Waals surface area contributed by atoms with Crippen LogP contribution in [0.15, 0.2) is 39.4 Å². The van der Waals surface area contributed by atoms with Gasteiger partial charge in [-0.2, -0.15) is 0 Å². The fraction of sp³-hybridized carbons (Fsp3) is 0.400. The molecular weight excluding hydrogens is 368 g/mol. The topological polar surface area (TPSA) is 90.7 Å². The number of fused-ring (bicyclic) bond motifs is 1. The van der Waals surface area contributed by atoms with E-state index in [0.717, 1.165) is 0 Å². The lowest BCUT2D eigenvalue weighted by molar-refractivity contribution is -0.159. The van der Waals surface area contributed by atoms with Crippen molar-refractivity contribution in [2.45, 2.75) is 29.2 Å². The molecule has 2 aliphatic rings. The van der Waals surface area contributed by atoms with Crippen LogP contribution in [0.2, 0.25) is 0 Å². The molecule has 0 bridgehead atoms. The van der Waals surface area contributed by atoms with Crippen molar-refractivity contribution in [3.63, 3.8) is 0 Å². The van der Waals surface area contributed by atoms with E-state index in [-0.39, 0.29) is 11.6 Å². The van der Waals surface area contributed by atoms with Crippen LogP contribution in [0.4, 0.5) is 0 Å². The number of aliphatic hydroxyl groups is 1. The Hall–Kier alpha value is -1.16. The van der Waals surface area contributed by atoms with Crippen LogP contribution in [0.1, 0.15) is 13.8 Å². The minimum Gasteiger partial charge on any atom is -0.477 e. The lowest BCUT2D eigenvalue weighted by Crippen LogP contribution is -2.68. The standard InChI is InChI=1S/C15H16N2O4S3/c1-3-22-15-10(8(2)18)12(19)17(15)11(13(20)21)14(24-15)23-9-6-4-5-7-16-9/h4-8,10,18H,3H2,1-2H3,(H,20,21)/t8?,10-,15+/m0/s1. The quantitative estimate of drug-likeness (QED) is 0.723.